The molecule has 5 nitrogen and oxygen atoms in total. The molecule has 134 valence electrons. The Bertz CT molecular complexity index is 786. The van der Waals surface area contributed by atoms with Crippen LogP contribution in [0.5, 0.6) is 0 Å². The van der Waals surface area contributed by atoms with Gasteiger partial charge >= 0.3 is 0 Å². The largest absolute Gasteiger partial charge is 0.381 e. The van der Waals surface area contributed by atoms with Crippen LogP contribution in [0.3, 0.4) is 0 Å². The fourth-order valence-electron chi connectivity index (χ4n) is 4.12. The van der Waals surface area contributed by atoms with E-state index in [1.807, 2.05) is 19.4 Å². The minimum absolute atomic E-state index is 0.148. The van der Waals surface area contributed by atoms with Crippen molar-refractivity contribution in [2.75, 3.05) is 19.8 Å². The summed E-state index contributed by atoms with van der Waals surface area (Å²) in [7, 11) is 2.05. The zero-order chi connectivity index (χ0) is 17.6. The zero-order valence-corrected chi connectivity index (χ0v) is 15.9. The third kappa shape index (κ3) is 2.62. The van der Waals surface area contributed by atoms with Gasteiger partial charge in [-0.15, -0.1) is 11.3 Å². The molecule has 0 radical (unpaired) electrons. The van der Waals surface area contributed by atoms with E-state index in [-0.39, 0.29) is 11.4 Å². The molecular formula is C19H25N3O2S. The van der Waals surface area contributed by atoms with Gasteiger partial charge in [0.2, 0.25) is 0 Å². The highest BCUT2D eigenvalue weighted by atomic mass is 32.1. The molecule has 0 aromatic carbocycles. The smallest absolute Gasteiger partial charge is 0.264 e. The molecule has 4 heterocycles. The van der Waals surface area contributed by atoms with Gasteiger partial charge in [-0.25, -0.2) is 4.98 Å². The summed E-state index contributed by atoms with van der Waals surface area (Å²) in [5.74, 6) is 0.599. The minimum Gasteiger partial charge on any atom is -0.381 e. The van der Waals surface area contributed by atoms with E-state index < -0.39 is 0 Å². The molecule has 2 aromatic heterocycles. The van der Waals surface area contributed by atoms with Gasteiger partial charge in [0, 0.05) is 43.8 Å². The molecule has 0 N–H and O–H groups in total. The Labute approximate surface area is 152 Å². The van der Waals surface area contributed by atoms with Crippen LogP contribution in [-0.2, 0) is 23.7 Å². The summed E-state index contributed by atoms with van der Waals surface area (Å²) in [6.07, 6.45) is 4.40. The lowest BCUT2D eigenvalue weighted by atomic mass is 9.80. The van der Waals surface area contributed by atoms with Crippen molar-refractivity contribution in [3.63, 3.8) is 0 Å². The van der Waals surface area contributed by atoms with Crippen LogP contribution in [0.15, 0.2) is 18.5 Å². The predicted molar refractivity (Wildman–Crippen MR) is 98.1 cm³/mol. The molecule has 2 aliphatic heterocycles. The van der Waals surface area contributed by atoms with Gasteiger partial charge in [0.15, 0.2) is 0 Å². The van der Waals surface area contributed by atoms with Gasteiger partial charge in [-0.3, -0.25) is 4.79 Å². The van der Waals surface area contributed by atoms with Gasteiger partial charge in [0.25, 0.3) is 5.91 Å². The molecule has 6 heteroatoms. The number of amides is 1. The van der Waals surface area contributed by atoms with E-state index in [2.05, 4.69) is 29.4 Å². The van der Waals surface area contributed by atoms with Crippen LogP contribution in [0.25, 0.3) is 0 Å². The van der Waals surface area contributed by atoms with E-state index in [1.54, 1.807) is 11.3 Å². The Morgan fingerprint density at radius 2 is 2.08 bits per heavy atom. The summed E-state index contributed by atoms with van der Waals surface area (Å²) in [6.45, 7) is 6.45. The number of nitrogens with zero attached hydrogens (tertiary/aromatic N) is 3. The summed E-state index contributed by atoms with van der Waals surface area (Å²) in [4.78, 5) is 22.3. The van der Waals surface area contributed by atoms with Crippen LogP contribution in [0.2, 0.25) is 0 Å². The second kappa shape index (κ2) is 6.25. The first-order valence-corrected chi connectivity index (χ1v) is 9.85. The number of aryl methyl sites for hydroxylation is 1. The Balaban J connectivity index is 1.73. The first-order valence-electron chi connectivity index (χ1n) is 9.03. The van der Waals surface area contributed by atoms with Gasteiger partial charge in [-0.2, -0.15) is 0 Å². The third-order valence-electron chi connectivity index (χ3n) is 5.56. The number of hydrogen-bond acceptors (Lipinski definition) is 4. The normalized spacial score (nSPS) is 19.4. The van der Waals surface area contributed by atoms with Gasteiger partial charge in [0.05, 0.1) is 22.4 Å². The fourth-order valence-corrected chi connectivity index (χ4v) is 5.08. The Kier molecular flexibility index (Phi) is 4.20. The van der Waals surface area contributed by atoms with E-state index in [4.69, 9.17) is 9.72 Å². The number of carbonyl (C=O) groups excluding carboxylic acids is 1. The van der Waals surface area contributed by atoms with E-state index in [0.29, 0.717) is 19.1 Å². The number of aromatic nitrogens is 2. The van der Waals surface area contributed by atoms with Crippen molar-refractivity contribution in [2.45, 2.75) is 44.6 Å². The SMILES string of the molecule is CC(C)c1ccc(C(=O)N2CCc3c(ncn3C)C23CCOCC3)s1. The van der Waals surface area contributed by atoms with E-state index in [9.17, 15) is 4.79 Å². The predicted octanol–water partition coefficient (Wildman–Crippen LogP) is 3.31. The maximum Gasteiger partial charge on any atom is 0.264 e. The van der Waals surface area contributed by atoms with Crippen LogP contribution in [0.4, 0.5) is 0 Å². The molecule has 1 fully saturated rings. The van der Waals surface area contributed by atoms with Crippen LogP contribution >= 0.6 is 11.3 Å². The molecular weight excluding hydrogens is 334 g/mol. The number of rotatable bonds is 2. The molecule has 2 aromatic rings. The lowest BCUT2D eigenvalue weighted by molar-refractivity contribution is -0.0294. The minimum atomic E-state index is -0.313. The topological polar surface area (TPSA) is 47.4 Å². The standard InChI is InChI=1S/C19H25N3O2S/c1-13(2)15-4-5-16(25-15)18(23)22-9-6-14-17(20-12-21(14)3)19(22)7-10-24-11-8-19/h4-5,12-13H,6-11H2,1-3H3. The van der Waals surface area contributed by atoms with Crippen molar-refractivity contribution >= 4 is 17.2 Å². The van der Waals surface area contributed by atoms with Crippen molar-refractivity contribution in [1.29, 1.82) is 0 Å². The first kappa shape index (κ1) is 16.8. The highest BCUT2D eigenvalue weighted by Crippen LogP contribution is 2.43. The number of carbonyl (C=O) groups is 1. The van der Waals surface area contributed by atoms with Crippen molar-refractivity contribution in [3.05, 3.63) is 39.6 Å². The van der Waals surface area contributed by atoms with Crippen molar-refractivity contribution in [1.82, 2.24) is 14.5 Å². The van der Waals surface area contributed by atoms with Crippen molar-refractivity contribution in [3.8, 4) is 0 Å². The lowest BCUT2D eigenvalue weighted by Gasteiger charge is -2.48. The number of hydrogen-bond donors (Lipinski definition) is 0. The molecule has 4 rings (SSSR count). The Morgan fingerprint density at radius 1 is 1.32 bits per heavy atom. The highest BCUT2D eigenvalue weighted by molar-refractivity contribution is 7.14. The van der Waals surface area contributed by atoms with Crippen molar-refractivity contribution < 1.29 is 9.53 Å². The number of ether oxygens (including phenoxy) is 1. The number of fused-ring (bicyclic) bond motifs is 2. The van der Waals surface area contributed by atoms with Gasteiger partial charge < -0.3 is 14.2 Å². The first-order chi connectivity index (χ1) is 12.0. The molecule has 2 aliphatic rings. The average molecular weight is 359 g/mol. The van der Waals surface area contributed by atoms with Gasteiger partial charge in [0.1, 0.15) is 0 Å². The summed E-state index contributed by atoms with van der Waals surface area (Å²) in [6, 6.07) is 4.08. The molecule has 0 saturated carbocycles. The lowest BCUT2D eigenvalue weighted by Crippen LogP contribution is -2.56. The van der Waals surface area contributed by atoms with Crippen LogP contribution in [0.1, 0.15) is 58.5 Å². The quantitative estimate of drug-likeness (QED) is 0.826. The highest BCUT2D eigenvalue weighted by Gasteiger charge is 2.48. The summed E-state index contributed by atoms with van der Waals surface area (Å²) < 4.78 is 7.73. The zero-order valence-electron chi connectivity index (χ0n) is 15.1. The Hall–Kier alpha value is -1.66. The molecule has 1 spiro atoms. The molecule has 0 aliphatic carbocycles. The molecule has 0 atom stereocenters. The molecule has 0 unspecified atom stereocenters. The van der Waals surface area contributed by atoms with E-state index in [0.717, 1.165) is 36.4 Å². The molecule has 1 amide bonds. The van der Waals surface area contributed by atoms with E-state index >= 15 is 0 Å². The molecule has 25 heavy (non-hydrogen) atoms. The monoisotopic (exact) mass is 359 g/mol. The summed E-state index contributed by atoms with van der Waals surface area (Å²) in [5, 5.41) is 0. The van der Waals surface area contributed by atoms with Gasteiger partial charge in [-0.1, -0.05) is 13.8 Å². The number of imidazole rings is 1. The summed E-state index contributed by atoms with van der Waals surface area (Å²) >= 11 is 1.63. The summed E-state index contributed by atoms with van der Waals surface area (Å²) in [5.41, 5.74) is 2.03. The van der Waals surface area contributed by atoms with Crippen molar-refractivity contribution in [2.24, 2.45) is 7.05 Å². The van der Waals surface area contributed by atoms with Crippen LogP contribution in [0, 0.1) is 0 Å². The fraction of sp³-hybridized carbons (Fsp3) is 0.579. The second-order valence-electron chi connectivity index (χ2n) is 7.36. The molecule has 1 saturated heterocycles. The number of thiophene rings is 1. The van der Waals surface area contributed by atoms with Crippen LogP contribution < -0.4 is 0 Å². The molecule has 0 bridgehead atoms. The van der Waals surface area contributed by atoms with Crippen LogP contribution in [-0.4, -0.2) is 40.1 Å². The maximum absolute atomic E-state index is 13.4. The Morgan fingerprint density at radius 3 is 2.76 bits per heavy atom. The van der Waals surface area contributed by atoms with E-state index in [1.165, 1.54) is 10.6 Å². The second-order valence-corrected chi connectivity index (χ2v) is 8.47. The van der Waals surface area contributed by atoms with Gasteiger partial charge in [-0.05, 0) is 30.9 Å². The maximum atomic E-state index is 13.4. The average Bonchev–Trinajstić information content (AvgIpc) is 3.24. The third-order valence-corrected chi connectivity index (χ3v) is 6.93.